The molecular weight excluding hydrogens is 331 g/mol. The van der Waals surface area contributed by atoms with E-state index in [0.29, 0.717) is 11.3 Å². The van der Waals surface area contributed by atoms with Crippen molar-refractivity contribution >= 4 is 21.6 Å². The summed E-state index contributed by atoms with van der Waals surface area (Å²) in [6.07, 6.45) is 1.09. The van der Waals surface area contributed by atoms with E-state index in [4.69, 9.17) is 0 Å². The molecule has 2 aromatic rings. The largest absolute Gasteiger partial charge is 0.346 e. The number of carbonyl (C=O) groups is 1. The number of rotatable bonds is 5. The molecule has 0 fully saturated rings. The van der Waals surface area contributed by atoms with E-state index in [0.717, 1.165) is 16.1 Å². The lowest BCUT2D eigenvalue weighted by atomic mass is 10.1. The summed E-state index contributed by atoms with van der Waals surface area (Å²) < 4.78 is 37.3. The van der Waals surface area contributed by atoms with Crippen molar-refractivity contribution in [1.29, 1.82) is 0 Å². The van der Waals surface area contributed by atoms with Crippen LogP contribution in [0.4, 0.5) is 10.1 Å². The van der Waals surface area contributed by atoms with E-state index in [1.807, 2.05) is 0 Å². The third-order valence-electron chi connectivity index (χ3n) is 3.69. The molecule has 0 aromatic heterocycles. The Kier molecular flexibility index (Phi) is 5.23. The van der Waals surface area contributed by atoms with Gasteiger partial charge in [0.25, 0.3) is 5.91 Å². The van der Waals surface area contributed by atoms with E-state index < -0.39 is 10.0 Å². The van der Waals surface area contributed by atoms with Crippen LogP contribution in [-0.4, -0.2) is 27.6 Å². The number of benzene rings is 2. The first kappa shape index (κ1) is 17.9. The summed E-state index contributed by atoms with van der Waals surface area (Å²) in [6, 6.07) is 11.9. The van der Waals surface area contributed by atoms with Gasteiger partial charge in [-0.1, -0.05) is 18.2 Å². The molecule has 0 aliphatic rings. The van der Waals surface area contributed by atoms with Crippen LogP contribution in [0, 0.1) is 5.82 Å². The van der Waals surface area contributed by atoms with Gasteiger partial charge in [-0.15, -0.1) is 0 Å². The number of halogens is 1. The Bertz CT molecular complexity index is 835. The summed E-state index contributed by atoms with van der Waals surface area (Å²) in [4.78, 5) is 12.4. The van der Waals surface area contributed by atoms with E-state index in [9.17, 15) is 17.6 Å². The molecule has 5 nitrogen and oxygen atoms in total. The van der Waals surface area contributed by atoms with Gasteiger partial charge in [0, 0.05) is 12.6 Å². The molecule has 7 heteroatoms. The first-order valence-electron chi connectivity index (χ1n) is 7.29. The van der Waals surface area contributed by atoms with Crippen molar-refractivity contribution in [2.24, 2.45) is 0 Å². The van der Waals surface area contributed by atoms with Gasteiger partial charge in [-0.3, -0.25) is 9.10 Å². The van der Waals surface area contributed by atoms with Crippen LogP contribution >= 0.6 is 0 Å². The number of sulfonamides is 1. The van der Waals surface area contributed by atoms with Crippen LogP contribution in [0.15, 0.2) is 48.5 Å². The van der Waals surface area contributed by atoms with Gasteiger partial charge in [-0.25, -0.2) is 12.8 Å². The van der Waals surface area contributed by atoms with Gasteiger partial charge in [0.15, 0.2) is 0 Å². The monoisotopic (exact) mass is 350 g/mol. The fourth-order valence-corrected chi connectivity index (χ4v) is 2.65. The van der Waals surface area contributed by atoms with Crippen LogP contribution in [0.25, 0.3) is 0 Å². The van der Waals surface area contributed by atoms with E-state index in [-0.39, 0.29) is 17.8 Å². The lowest BCUT2D eigenvalue weighted by Crippen LogP contribution is -2.28. The second-order valence-corrected chi connectivity index (χ2v) is 7.54. The van der Waals surface area contributed by atoms with Crippen molar-refractivity contribution < 1.29 is 17.6 Å². The maximum atomic E-state index is 13.0. The molecule has 0 radical (unpaired) electrons. The van der Waals surface area contributed by atoms with Gasteiger partial charge in [0.05, 0.1) is 18.0 Å². The second kappa shape index (κ2) is 7.00. The van der Waals surface area contributed by atoms with Gasteiger partial charge >= 0.3 is 0 Å². The SMILES string of the molecule is C[C@@H](NC(=O)c1cccc(N(C)S(C)(=O)=O)c1)c1ccc(F)cc1. The van der Waals surface area contributed by atoms with Crippen LogP contribution in [0.5, 0.6) is 0 Å². The maximum absolute atomic E-state index is 13.0. The minimum Gasteiger partial charge on any atom is -0.346 e. The van der Waals surface area contributed by atoms with Gasteiger partial charge in [0.1, 0.15) is 5.82 Å². The van der Waals surface area contributed by atoms with Crippen molar-refractivity contribution in [2.75, 3.05) is 17.6 Å². The molecule has 0 saturated carbocycles. The number of nitrogens with zero attached hydrogens (tertiary/aromatic N) is 1. The predicted octanol–water partition coefficient (Wildman–Crippen LogP) is 2.71. The van der Waals surface area contributed by atoms with Gasteiger partial charge < -0.3 is 5.32 Å². The zero-order valence-corrected chi connectivity index (χ0v) is 14.5. The molecule has 2 aromatic carbocycles. The molecule has 1 atom stereocenters. The second-order valence-electron chi connectivity index (χ2n) is 5.53. The normalized spacial score (nSPS) is 12.5. The third-order valence-corrected chi connectivity index (χ3v) is 4.89. The molecule has 2 rings (SSSR count). The Balaban J connectivity index is 2.16. The molecule has 1 N–H and O–H groups in total. The van der Waals surface area contributed by atoms with Crippen LogP contribution in [0.2, 0.25) is 0 Å². The molecule has 0 bridgehead atoms. The number of carbonyl (C=O) groups excluding carboxylic acids is 1. The molecule has 1 amide bonds. The Labute approximate surface area is 141 Å². The Morgan fingerprint density at radius 3 is 2.38 bits per heavy atom. The fraction of sp³-hybridized carbons (Fsp3) is 0.235. The predicted molar refractivity (Wildman–Crippen MR) is 92.0 cm³/mol. The highest BCUT2D eigenvalue weighted by atomic mass is 32.2. The van der Waals surface area contributed by atoms with Crippen molar-refractivity contribution in [2.45, 2.75) is 13.0 Å². The molecule has 0 aliphatic carbocycles. The number of nitrogens with one attached hydrogen (secondary N) is 1. The van der Waals surface area contributed by atoms with Crippen LogP contribution in [-0.2, 0) is 10.0 Å². The summed E-state index contributed by atoms with van der Waals surface area (Å²) >= 11 is 0. The first-order valence-corrected chi connectivity index (χ1v) is 9.13. The Morgan fingerprint density at radius 2 is 1.79 bits per heavy atom. The van der Waals surface area contributed by atoms with Crippen molar-refractivity contribution in [3.05, 3.63) is 65.5 Å². The van der Waals surface area contributed by atoms with E-state index >= 15 is 0 Å². The van der Waals surface area contributed by atoms with E-state index in [1.165, 1.54) is 25.2 Å². The minimum absolute atomic E-state index is 0.311. The Hall–Kier alpha value is -2.41. The van der Waals surface area contributed by atoms with E-state index in [2.05, 4.69) is 5.32 Å². The smallest absolute Gasteiger partial charge is 0.251 e. The maximum Gasteiger partial charge on any atom is 0.251 e. The highest BCUT2D eigenvalue weighted by Gasteiger charge is 2.15. The fourth-order valence-electron chi connectivity index (χ4n) is 2.15. The zero-order valence-electron chi connectivity index (χ0n) is 13.7. The summed E-state index contributed by atoms with van der Waals surface area (Å²) in [5, 5.41) is 2.81. The molecule has 0 unspecified atom stereocenters. The lowest BCUT2D eigenvalue weighted by Gasteiger charge is -2.18. The summed E-state index contributed by atoms with van der Waals surface area (Å²) in [7, 11) is -1.98. The molecule has 0 spiro atoms. The van der Waals surface area contributed by atoms with Crippen LogP contribution in [0.1, 0.15) is 28.9 Å². The zero-order chi connectivity index (χ0) is 17.9. The summed E-state index contributed by atoms with van der Waals surface area (Å²) in [5.41, 5.74) is 1.52. The topological polar surface area (TPSA) is 66.5 Å². The van der Waals surface area contributed by atoms with Crippen LogP contribution < -0.4 is 9.62 Å². The average Bonchev–Trinajstić information content (AvgIpc) is 2.54. The van der Waals surface area contributed by atoms with Gasteiger partial charge in [0.2, 0.25) is 10.0 Å². The first-order chi connectivity index (χ1) is 11.2. The number of amides is 1. The van der Waals surface area contributed by atoms with Gasteiger partial charge in [-0.2, -0.15) is 0 Å². The Morgan fingerprint density at radius 1 is 1.17 bits per heavy atom. The minimum atomic E-state index is -3.40. The van der Waals surface area contributed by atoms with Crippen molar-refractivity contribution in [3.8, 4) is 0 Å². The van der Waals surface area contributed by atoms with Gasteiger partial charge in [-0.05, 0) is 42.8 Å². The average molecular weight is 350 g/mol. The van der Waals surface area contributed by atoms with Crippen LogP contribution in [0.3, 0.4) is 0 Å². The van der Waals surface area contributed by atoms with Crippen molar-refractivity contribution in [3.63, 3.8) is 0 Å². The quantitative estimate of drug-likeness (QED) is 0.902. The third kappa shape index (κ3) is 4.32. The molecule has 24 heavy (non-hydrogen) atoms. The number of anilines is 1. The van der Waals surface area contributed by atoms with E-state index in [1.54, 1.807) is 37.3 Å². The molecule has 0 heterocycles. The highest BCUT2D eigenvalue weighted by molar-refractivity contribution is 7.92. The number of hydrogen-bond donors (Lipinski definition) is 1. The molecule has 0 aliphatic heterocycles. The molecule has 0 saturated heterocycles. The summed E-state index contributed by atoms with van der Waals surface area (Å²) in [5.74, 6) is -0.677. The molecule has 128 valence electrons. The molecular formula is C17H19FN2O3S. The number of hydrogen-bond acceptors (Lipinski definition) is 3. The standard InChI is InChI=1S/C17H19FN2O3S/c1-12(13-7-9-15(18)10-8-13)19-17(21)14-5-4-6-16(11-14)20(2)24(3,22)23/h4-12H,1-3H3,(H,19,21)/t12-/m1/s1. The van der Waals surface area contributed by atoms with Crippen molar-refractivity contribution in [1.82, 2.24) is 5.32 Å². The lowest BCUT2D eigenvalue weighted by molar-refractivity contribution is 0.0940. The highest BCUT2D eigenvalue weighted by Crippen LogP contribution is 2.19. The summed E-state index contributed by atoms with van der Waals surface area (Å²) in [6.45, 7) is 1.79.